The first-order valence-electron chi connectivity index (χ1n) is 6.34. The number of hydrogen-bond acceptors (Lipinski definition) is 3. The van der Waals surface area contributed by atoms with Gasteiger partial charge in [0, 0.05) is 16.0 Å². The van der Waals surface area contributed by atoms with E-state index >= 15 is 0 Å². The molecular weight excluding hydrogens is 268 g/mol. The summed E-state index contributed by atoms with van der Waals surface area (Å²) in [5.41, 5.74) is 6.81. The second kappa shape index (κ2) is 6.90. The lowest BCUT2D eigenvalue weighted by Crippen LogP contribution is -2.26. The predicted octanol–water partition coefficient (Wildman–Crippen LogP) is 2.55. The van der Waals surface area contributed by atoms with Gasteiger partial charge in [0.1, 0.15) is 0 Å². The Bertz CT molecular complexity index is 621. The number of benzene rings is 1. The fourth-order valence-electron chi connectivity index (χ4n) is 1.75. The molecule has 1 amide bonds. The van der Waals surface area contributed by atoms with Gasteiger partial charge in [-0.3, -0.25) is 4.79 Å². The van der Waals surface area contributed by atoms with Gasteiger partial charge in [-0.15, -0.1) is 11.3 Å². The van der Waals surface area contributed by atoms with Crippen LogP contribution in [0.1, 0.15) is 33.8 Å². The van der Waals surface area contributed by atoms with Crippen molar-refractivity contribution in [1.82, 2.24) is 5.32 Å². The fourth-order valence-corrected chi connectivity index (χ4v) is 2.48. The number of rotatable bonds is 3. The van der Waals surface area contributed by atoms with Gasteiger partial charge in [-0.1, -0.05) is 17.9 Å². The molecule has 1 atom stereocenters. The molecule has 0 fully saturated rings. The molecule has 2 rings (SSSR count). The van der Waals surface area contributed by atoms with Gasteiger partial charge in [-0.25, -0.2) is 0 Å². The number of carbonyl (C=O) groups is 1. The maximum Gasteiger partial charge on any atom is 0.251 e. The number of carbonyl (C=O) groups excluding carboxylic acids is 1. The van der Waals surface area contributed by atoms with Gasteiger partial charge in [0.2, 0.25) is 0 Å². The minimum Gasteiger partial charge on any atom is -0.345 e. The van der Waals surface area contributed by atoms with Crippen LogP contribution in [0, 0.1) is 11.8 Å². The van der Waals surface area contributed by atoms with Gasteiger partial charge in [0.05, 0.1) is 12.6 Å². The van der Waals surface area contributed by atoms with E-state index in [1.54, 1.807) is 23.5 Å². The van der Waals surface area contributed by atoms with E-state index in [0.29, 0.717) is 12.1 Å². The Morgan fingerprint density at radius 3 is 2.70 bits per heavy atom. The highest BCUT2D eigenvalue weighted by atomic mass is 32.1. The molecule has 3 nitrogen and oxygen atoms in total. The minimum absolute atomic E-state index is 0.0132. The van der Waals surface area contributed by atoms with Gasteiger partial charge < -0.3 is 11.1 Å². The average molecular weight is 284 g/mol. The lowest BCUT2D eigenvalue weighted by Gasteiger charge is -2.12. The number of amides is 1. The standard InChI is InChI=1S/C16H16N2OS/c1-12(15-5-3-11-20-15)18-16(19)14-8-6-13(7-9-14)4-2-10-17/h3,5-9,11-12H,10,17H2,1H3,(H,18,19). The van der Waals surface area contributed by atoms with Crippen LogP contribution in [0.15, 0.2) is 41.8 Å². The summed E-state index contributed by atoms with van der Waals surface area (Å²) in [6.07, 6.45) is 0. The lowest BCUT2D eigenvalue weighted by atomic mass is 10.1. The second-order valence-electron chi connectivity index (χ2n) is 4.29. The molecule has 0 spiro atoms. The lowest BCUT2D eigenvalue weighted by molar-refractivity contribution is 0.0940. The molecule has 1 heterocycles. The molecule has 4 heteroatoms. The number of nitrogens with one attached hydrogen (secondary N) is 1. The van der Waals surface area contributed by atoms with Crippen LogP contribution in [-0.4, -0.2) is 12.5 Å². The van der Waals surface area contributed by atoms with Crippen molar-refractivity contribution < 1.29 is 4.79 Å². The Kier molecular flexibility index (Phi) is 4.94. The highest BCUT2D eigenvalue weighted by Gasteiger charge is 2.11. The quantitative estimate of drug-likeness (QED) is 0.851. The zero-order valence-corrected chi connectivity index (χ0v) is 12.0. The first kappa shape index (κ1) is 14.3. The van der Waals surface area contributed by atoms with Crippen LogP contribution < -0.4 is 11.1 Å². The van der Waals surface area contributed by atoms with E-state index in [2.05, 4.69) is 17.2 Å². The van der Waals surface area contributed by atoms with E-state index in [9.17, 15) is 4.79 Å². The molecule has 0 aliphatic rings. The largest absolute Gasteiger partial charge is 0.345 e. The van der Waals surface area contributed by atoms with Crippen LogP contribution in [0.3, 0.4) is 0 Å². The van der Waals surface area contributed by atoms with Crippen molar-refractivity contribution in [2.45, 2.75) is 13.0 Å². The molecule has 3 N–H and O–H groups in total. The third kappa shape index (κ3) is 3.70. The smallest absolute Gasteiger partial charge is 0.251 e. The number of hydrogen-bond donors (Lipinski definition) is 2. The average Bonchev–Trinajstić information content (AvgIpc) is 3.00. The molecule has 102 valence electrons. The Labute approximate surface area is 122 Å². The van der Waals surface area contributed by atoms with Crippen molar-refractivity contribution >= 4 is 17.2 Å². The summed E-state index contributed by atoms with van der Waals surface area (Å²) in [5, 5.41) is 4.98. The van der Waals surface area contributed by atoms with Crippen molar-refractivity contribution in [2.75, 3.05) is 6.54 Å². The SMILES string of the molecule is CC(NC(=O)c1ccc(C#CCN)cc1)c1cccs1. The molecule has 2 aromatic rings. The Morgan fingerprint density at radius 1 is 1.35 bits per heavy atom. The second-order valence-corrected chi connectivity index (χ2v) is 5.27. The molecule has 1 unspecified atom stereocenters. The minimum atomic E-state index is -0.0794. The van der Waals surface area contributed by atoms with E-state index in [1.807, 2.05) is 36.6 Å². The topological polar surface area (TPSA) is 55.1 Å². The summed E-state index contributed by atoms with van der Waals surface area (Å²) in [6.45, 7) is 2.31. The molecule has 0 saturated heterocycles. The monoisotopic (exact) mass is 284 g/mol. The highest BCUT2D eigenvalue weighted by molar-refractivity contribution is 7.10. The van der Waals surface area contributed by atoms with Gasteiger partial charge >= 0.3 is 0 Å². The van der Waals surface area contributed by atoms with Gasteiger partial charge in [0.25, 0.3) is 5.91 Å². The molecular formula is C16H16N2OS. The Balaban J connectivity index is 2.02. The summed E-state index contributed by atoms with van der Waals surface area (Å²) in [4.78, 5) is 13.3. The Hall–Kier alpha value is -2.09. The predicted molar refractivity (Wildman–Crippen MR) is 82.6 cm³/mol. The maximum atomic E-state index is 12.1. The molecule has 1 aromatic heterocycles. The van der Waals surface area contributed by atoms with Gasteiger partial charge in [-0.05, 0) is 42.6 Å². The molecule has 0 aliphatic heterocycles. The van der Waals surface area contributed by atoms with Crippen molar-refractivity contribution in [3.05, 3.63) is 57.8 Å². The fraction of sp³-hybridized carbons (Fsp3) is 0.188. The van der Waals surface area contributed by atoms with Crippen LogP contribution in [-0.2, 0) is 0 Å². The molecule has 0 aliphatic carbocycles. The molecule has 0 radical (unpaired) electrons. The van der Waals surface area contributed by atoms with Crippen molar-refractivity contribution in [3.8, 4) is 11.8 Å². The summed E-state index contributed by atoms with van der Waals surface area (Å²) < 4.78 is 0. The van der Waals surface area contributed by atoms with E-state index in [-0.39, 0.29) is 11.9 Å². The normalized spacial score (nSPS) is 11.3. The molecule has 1 aromatic carbocycles. The number of thiophene rings is 1. The zero-order valence-electron chi connectivity index (χ0n) is 11.2. The van der Waals surface area contributed by atoms with Gasteiger partial charge in [-0.2, -0.15) is 0 Å². The zero-order chi connectivity index (χ0) is 14.4. The molecule has 0 bridgehead atoms. The van der Waals surface area contributed by atoms with Crippen molar-refractivity contribution in [2.24, 2.45) is 5.73 Å². The van der Waals surface area contributed by atoms with Crippen LogP contribution in [0.2, 0.25) is 0 Å². The Morgan fingerprint density at radius 2 is 2.10 bits per heavy atom. The summed E-state index contributed by atoms with van der Waals surface area (Å²) in [6, 6.07) is 11.2. The van der Waals surface area contributed by atoms with E-state index in [4.69, 9.17) is 5.73 Å². The summed E-state index contributed by atoms with van der Waals surface area (Å²) in [7, 11) is 0. The van der Waals surface area contributed by atoms with Gasteiger partial charge in [0.15, 0.2) is 0 Å². The maximum absolute atomic E-state index is 12.1. The highest BCUT2D eigenvalue weighted by Crippen LogP contribution is 2.18. The third-order valence-corrected chi connectivity index (χ3v) is 3.85. The first-order valence-corrected chi connectivity index (χ1v) is 7.22. The van der Waals surface area contributed by atoms with Crippen molar-refractivity contribution in [1.29, 1.82) is 0 Å². The van der Waals surface area contributed by atoms with Crippen LogP contribution in [0.4, 0.5) is 0 Å². The summed E-state index contributed by atoms with van der Waals surface area (Å²) >= 11 is 1.63. The van der Waals surface area contributed by atoms with Crippen LogP contribution in [0.5, 0.6) is 0 Å². The first-order chi connectivity index (χ1) is 9.70. The van der Waals surface area contributed by atoms with E-state index in [1.165, 1.54) is 0 Å². The van der Waals surface area contributed by atoms with E-state index < -0.39 is 0 Å². The van der Waals surface area contributed by atoms with Crippen LogP contribution >= 0.6 is 11.3 Å². The van der Waals surface area contributed by atoms with Crippen molar-refractivity contribution in [3.63, 3.8) is 0 Å². The number of nitrogens with two attached hydrogens (primary N) is 1. The molecule has 0 saturated carbocycles. The van der Waals surface area contributed by atoms with Crippen LogP contribution in [0.25, 0.3) is 0 Å². The third-order valence-electron chi connectivity index (χ3n) is 2.80. The summed E-state index contributed by atoms with van der Waals surface area (Å²) in [5.74, 6) is 5.63. The molecule has 20 heavy (non-hydrogen) atoms. The van der Waals surface area contributed by atoms with E-state index in [0.717, 1.165) is 10.4 Å².